The van der Waals surface area contributed by atoms with E-state index < -0.39 is 93.3 Å². The fraction of sp³-hybridized carbons (Fsp3) is 0.514. The molecule has 0 bridgehead atoms. The molecule has 0 saturated carbocycles. The molecule has 2 N–H and O–H groups in total. The lowest BCUT2D eigenvalue weighted by molar-refractivity contribution is -0.162. The van der Waals surface area contributed by atoms with Crippen LogP contribution >= 0.6 is 0 Å². The van der Waals surface area contributed by atoms with Crippen LogP contribution in [0.4, 0.5) is 15.4 Å². The van der Waals surface area contributed by atoms with Gasteiger partial charge in [0, 0.05) is 6.92 Å². The number of rotatable bonds is 14. The molecular weight excluding hydrogens is 749 g/mol. The summed E-state index contributed by atoms with van der Waals surface area (Å²) in [4.78, 5) is 67.6. The Kier molecular flexibility index (Phi) is 13.8. The van der Waals surface area contributed by atoms with Gasteiger partial charge in [0.15, 0.2) is 20.2 Å². The van der Waals surface area contributed by atoms with E-state index in [0.29, 0.717) is 5.56 Å². The number of carbonyl (C=O) groups excluding carboxylic acids is 5. The van der Waals surface area contributed by atoms with Crippen LogP contribution in [0.15, 0.2) is 48.8 Å². The Morgan fingerprint density at radius 1 is 1.02 bits per heavy atom. The van der Waals surface area contributed by atoms with Gasteiger partial charge in [0.2, 0.25) is 12.4 Å². The number of benzene rings is 1. The number of hydrogen-bond donors (Lipinski definition) is 2. The number of nitrogens with zero attached hydrogens (tertiary/aromatic N) is 4. The van der Waals surface area contributed by atoms with E-state index in [-0.39, 0.29) is 23.4 Å². The van der Waals surface area contributed by atoms with Crippen molar-refractivity contribution in [1.82, 2.24) is 19.9 Å². The highest BCUT2D eigenvalue weighted by Crippen LogP contribution is 2.45. The Bertz CT molecular complexity index is 1940. The number of esters is 3. The molecule has 2 aromatic heterocycles. The van der Waals surface area contributed by atoms with E-state index >= 15 is 0 Å². The van der Waals surface area contributed by atoms with Gasteiger partial charge in [0.25, 0.3) is 0 Å². The first-order valence-electron chi connectivity index (χ1n) is 17.8. The Balaban J connectivity index is 1.76. The Morgan fingerprint density at radius 2 is 1.71 bits per heavy atom. The maximum absolute atomic E-state index is 14.0. The van der Waals surface area contributed by atoms with Crippen LogP contribution in [-0.4, -0.2) is 96.4 Å². The molecule has 302 valence electrons. The third-order valence-corrected chi connectivity index (χ3v) is 8.96. The lowest BCUT2D eigenvalue weighted by Crippen LogP contribution is -2.53. The van der Waals surface area contributed by atoms with Crippen molar-refractivity contribution in [3.05, 3.63) is 60.0 Å². The van der Waals surface area contributed by atoms with Crippen LogP contribution in [0.25, 0.3) is 5.52 Å². The molecule has 3 aromatic rings. The Labute approximate surface area is 325 Å². The van der Waals surface area contributed by atoms with Crippen LogP contribution in [-0.2, 0) is 59.3 Å². The first-order valence-corrected chi connectivity index (χ1v) is 21.2. The standard InChI is InChI=1S/C37H48N6O12Si/c1-22(2)29(41-35(48)54-36(4,5)6)33(46)52-30-26(18-49-28(45)17-24-13-11-10-12-14-24)53-37(19-38,31(30)55-56(7,8)9)27-16-15-25-32(39-20-40-43(25)27)42-34(47)51-21-50-23(3)44/h10-16,20,22,26,29-31H,17-18,21H2,1-9H3,(H,41,48)(H,39,40,42,47)/t26-,29+,30-,31?,37+/m1/s1. The second-order valence-corrected chi connectivity index (χ2v) is 19.7. The molecule has 0 aliphatic carbocycles. The van der Waals surface area contributed by atoms with Gasteiger partial charge >= 0.3 is 30.1 Å². The highest BCUT2D eigenvalue weighted by Gasteiger charge is 2.62. The highest BCUT2D eigenvalue weighted by molar-refractivity contribution is 6.69. The minimum Gasteiger partial charge on any atom is -0.463 e. The highest BCUT2D eigenvalue weighted by atomic mass is 28.4. The summed E-state index contributed by atoms with van der Waals surface area (Å²) in [6.07, 6.45) is -4.77. The summed E-state index contributed by atoms with van der Waals surface area (Å²) >= 11 is 0. The lowest BCUT2D eigenvalue weighted by Gasteiger charge is -2.34. The number of ether oxygens (including phenoxy) is 6. The summed E-state index contributed by atoms with van der Waals surface area (Å²) in [6, 6.07) is 13.0. The average molecular weight is 797 g/mol. The summed E-state index contributed by atoms with van der Waals surface area (Å²) in [5.74, 6) is -2.64. The van der Waals surface area contributed by atoms with Crippen LogP contribution in [0.2, 0.25) is 19.6 Å². The maximum atomic E-state index is 14.0. The van der Waals surface area contributed by atoms with Gasteiger partial charge in [-0.2, -0.15) is 10.4 Å². The number of amides is 2. The van der Waals surface area contributed by atoms with Crippen molar-refractivity contribution in [3.63, 3.8) is 0 Å². The maximum Gasteiger partial charge on any atom is 0.415 e. The molecule has 4 rings (SSSR count). The molecule has 19 heteroatoms. The van der Waals surface area contributed by atoms with E-state index in [1.54, 1.807) is 58.9 Å². The van der Waals surface area contributed by atoms with Crippen molar-refractivity contribution in [2.75, 3.05) is 18.7 Å². The minimum atomic E-state index is -2.65. The fourth-order valence-electron chi connectivity index (χ4n) is 5.69. The van der Waals surface area contributed by atoms with Crippen molar-refractivity contribution < 1.29 is 56.8 Å². The van der Waals surface area contributed by atoms with Crippen LogP contribution in [0.5, 0.6) is 0 Å². The Morgan fingerprint density at radius 3 is 2.32 bits per heavy atom. The molecule has 0 radical (unpaired) electrons. The average Bonchev–Trinajstić information content (AvgIpc) is 3.65. The number of carbonyl (C=O) groups is 5. The van der Waals surface area contributed by atoms with Crippen LogP contribution in [0.3, 0.4) is 0 Å². The van der Waals surface area contributed by atoms with E-state index in [0.717, 1.165) is 13.3 Å². The van der Waals surface area contributed by atoms with Crippen molar-refractivity contribution in [1.29, 1.82) is 5.26 Å². The first-order chi connectivity index (χ1) is 26.2. The van der Waals surface area contributed by atoms with Crippen LogP contribution < -0.4 is 10.6 Å². The molecule has 1 aromatic carbocycles. The van der Waals surface area contributed by atoms with Crippen molar-refractivity contribution in [2.45, 2.75) is 103 Å². The molecule has 1 saturated heterocycles. The molecule has 0 spiro atoms. The van der Waals surface area contributed by atoms with Crippen LogP contribution in [0.1, 0.15) is 52.8 Å². The van der Waals surface area contributed by atoms with Gasteiger partial charge in [-0.3, -0.25) is 14.9 Å². The van der Waals surface area contributed by atoms with Gasteiger partial charge < -0.3 is 38.2 Å². The summed E-state index contributed by atoms with van der Waals surface area (Å²) in [5, 5.41) is 20.4. The quantitative estimate of drug-likeness (QED) is 0.0998. The molecule has 5 atom stereocenters. The largest absolute Gasteiger partial charge is 0.463 e. The zero-order valence-electron chi connectivity index (χ0n) is 32.8. The fourth-order valence-corrected chi connectivity index (χ4v) is 6.75. The van der Waals surface area contributed by atoms with E-state index in [1.807, 2.05) is 25.7 Å². The summed E-state index contributed by atoms with van der Waals surface area (Å²) in [5.41, 5.74) is -1.92. The predicted molar refractivity (Wildman–Crippen MR) is 199 cm³/mol. The van der Waals surface area contributed by atoms with Gasteiger partial charge in [-0.05, 0) is 64.0 Å². The second-order valence-electron chi connectivity index (χ2n) is 15.2. The zero-order valence-corrected chi connectivity index (χ0v) is 33.8. The normalized spacial score (nSPS) is 20.1. The van der Waals surface area contributed by atoms with Gasteiger partial charge in [0.05, 0.1) is 12.1 Å². The van der Waals surface area contributed by atoms with Crippen LogP contribution in [0, 0.1) is 17.2 Å². The topological polar surface area (TPSA) is 228 Å². The molecule has 1 aliphatic rings. The van der Waals surface area contributed by atoms with Gasteiger partial charge in [0.1, 0.15) is 48.4 Å². The Hall–Kier alpha value is -5.58. The third kappa shape index (κ3) is 11.2. The lowest BCUT2D eigenvalue weighted by atomic mass is 9.92. The zero-order chi connectivity index (χ0) is 41.4. The van der Waals surface area contributed by atoms with E-state index in [1.165, 1.54) is 16.6 Å². The number of nitrogens with one attached hydrogen (secondary N) is 2. The van der Waals surface area contributed by atoms with E-state index in [9.17, 15) is 29.2 Å². The number of anilines is 1. The third-order valence-electron chi connectivity index (χ3n) is 8.00. The molecule has 56 heavy (non-hydrogen) atoms. The smallest absolute Gasteiger partial charge is 0.415 e. The minimum absolute atomic E-state index is 0.0322. The number of fused-ring (bicyclic) bond motifs is 1. The molecule has 1 aliphatic heterocycles. The monoisotopic (exact) mass is 796 g/mol. The molecular formula is C37H48N6O12Si. The molecule has 18 nitrogen and oxygen atoms in total. The predicted octanol–water partition coefficient (Wildman–Crippen LogP) is 4.38. The molecule has 3 heterocycles. The first kappa shape index (κ1) is 43.1. The van der Waals surface area contributed by atoms with Crippen molar-refractivity contribution in [2.24, 2.45) is 5.92 Å². The number of hydrogen-bond acceptors (Lipinski definition) is 15. The van der Waals surface area contributed by atoms with Crippen molar-refractivity contribution >= 4 is 49.7 Å². The molecule has 1 fully saturated rings. The SMILES string of the molecule is CC(=O)OCOC(=O)Nc1ncnn2c([C@]3(C#N)O[C@H](COC(=O)Cc4ccccc4)[C@@H](OC(=O)[C@@H](NC(=O)OC(C)(C)C)C(C)C)C3O[Si](C)(C)C)ccc12. The molecule has 1 unspecified atom stereocenters. The van der Waals surface area contributed by atoms with Gasteiger partial charge in [-0.15, -0.1) is 0 Å². The second kappa shape index (κ2) is 17.9. The summed E-state index contributed by atoms with van der Waals surface area (Å²) in [6.45, 7) is 14.1. The number of alkyl carbamates (subject to hydrolysis) is 1. The summed E-state index contributed by atoms with van der Waals surface area (Å²) in [7, 11) is -2.65. The van der Waals surface area contributed by atoms with Gasteiger partial charge in [-0.1, -0.05) is 44.2 Å². The van der Waals surface area contributed by atoms with Gasteiger partial charge in [-0.25, -0.2) is 23.9 Å². The van der Waals surface area contributed by atoms with Crippen molar-refractivity contribution in [3.8, 4) is 6.07 Å². The van der Waals surface area contributed by atoms with E-state index in [4.69, 9.17) is 28.1 Å². The summed E-state index contributed by atoms with van der Waals surface area (Å²) < 4.78 is 41.2. The number of aromatic nitrogens is 3. The number of nitriles is 1. The molecule has 2 amide bonds. The van der Waals surface area contributed by atoms with E-state index in [2.05, 4.69) is 31.5 Å².